The van der Waals surface area contributed by atoms with Crippen molar-refractivity contribution in [2.75, 3.05) is 21.2 Å². The Bertz CT molecular complexity index is 976. The summed E-state index contributed by atoms with van der Waals surface area (Å²) in [5.41, 5.74) is -1.57. The summed E-state index contributed by atoms with van der Waals surface area (Å²) in [5.74, 6) is -0.599. The molecule has 0 radical (unpaired) electrons. The van der Waals surface area contributed by atoms with E-state index in [1.165, 1.54) is 0 Å². The molecule has 0 aromatic heterocycles. The number of cyclic esters (lactones) is 2. The van der Waals surface area contributed by atoms with Gasteiger partial charge in [0.1, 0.15) is 5.75 Å². The first-order valence-corrected chi connectivity index (χ1v) is 13.9. The molecule has 4 rings (SSSR count). The molecule has 1 aromatic rings. The van der Waals surface area contributed by atoms with Gasteiger partial charge in [-0.05, 0) is 131 Å². The molecular formula is C31H48N2O5. The molecule has 0 spiro atoms. The first kappa shape index (κ1) is 28.9. The number of nitrogens with zero attached hydrogens (tertiary/aromatic N) is 2. The standard InChI is InChI=1S/C31H48N2O5/c1-27(2)16-21(17-28(3,4)32(27)9)31(22-18-29(5,6)33(10)30(7,8)19-22)25(34)37-24(38-26(31)35)20-12-14-23(36-11)15-13-20/h12-15,21-22,24H,16-19H2,1-11H3. The van der Waals surface area contributed by atoms with Crippen LogP contribution in [0.1, 0.15) is 92.9 Å². The summed E-state index contributed by atoms with van der Waals surface area (Å²) in [6.07, 6.45) is 1.76. The van der Waals surface area contributed by atoms with Crippen molar-refractivity contribution in [3.05, 3.63) is 29.8 Å². The lowest BCUT2D eigenvalue weighted by Gasteiger charge is -2.61. The van der Waals surface area contributed by atoms with Crippen molar-refractivity contribution in [3.8, 4) is 5.75 Å². The Balaban J connectivity index is 1.81. The smallest absolute Gasteiger partial charge is 0.327 e. The van der Waals surface area contributed by atoms with Crippen LogP contribution in [0.25, 0.3) is 0 Å². The number of hydrogen-bond acceptors (Lipinski definition) is 7. The molecule has 0 N–H and O–H groups in total. The highest BCUT2D eigenvalue weighted by Crippen LogP contribution is 2.58. The van der Waals surface area contributed by atoms with Gasteiger partial charge in [-0.2, -0.15) is 0 Å². The lowest BCUT2D eigenvalue weighted by Crippen LogP contribution is -2.68. The van der Waals surface area contributed by atoms with Crippen molar-refractivity contribution in [2.24, 2.45) is 17.3 Å². The minimum Gasteiger partial charge on any atom is -0.497 e. The molecule has 0 amide bonds. The maximum Gasteiger partial charge on any atom is 0.327 e. The lowest BCUT2D eigenvalue weighted by molar-refractivity contribution is -0.246. The molecule has 0 unspecified atom stereocenters. The van der Waals surface area contributed by atoms with Crippen LogP contribution in [0.2, 0.25) is 0 Å². The van der Waals surface area contributed by atoms with E-state index < -0.39 is 23.6 Å². The zero-order valence-electron chi connectivity index (χ0n) is 25.3. The fraction of sp³-hybridized carbons (Fsp3) is 0.742. The molecule has 0 atom stereocenters. The molecule has 0 bridgehead atoms. The average molecular weight is 529 g/mol. The number of hydrogen-bond donors (Lipinski definition) is 0. The Morgan fingerprint density at radius 3 is 1.34 bits per heavy atom. The number of likely N-dealkylation sites (tertiary alicyclic amines) is 2. The quantitative estimate of drug-likeness (QED) is 0.373. The normalized spacial score (nSPS) is 28.0. The fourth-order valence-electron chi connectivity index (χ4n) is 7.78. The molecule has 3 saturated heterocycles. The van der Waals surface area contributed by atoms with Gasteiger partial charge in [0.05, 0.1) is 7.11 Å². The second-order valence-electron chi connectivity index (χ2n) is 14.4. The van der Waals surface area contributed by atoms with Crippen molar-refractivity contribution in [3.63, 3.8) is 0 Å². The number of rotatable bonds is 4. The number of ether oxygens (including phenoxy) is 3. The van der Waals surface area contributed by atoms with E-state index in [2.05, 4.69) is 79.3 Å². The largest absolute Gasteiger partial charge is 0.497 e. The monoisotopic (exact) mass is 528 g/mol. The van der Waals surface area contributed by atoms with Crippen LogP contribution in [0, 0.1) is 17.3 Å². The Labute approximate surface area is 229 Å². The van der Waals surface area contributed by atoms with Crippen LogP contribution in [-0.4, -0.2) is 65.1 Å². The first-order valence-electron chi connectivity index (χ1n) is 13.9. The van der Waals surface area contributed by atoms with Gasteiger partial charge in [-0.1, -0.05) is 0 Å². The molecule has 7 nitrogen and oxygen atoms in total. The second-order valence-corrected chi connectivity index (χ2v) is 14.4. The van der Waals surface area contributed by atoms with Gasteiger partial charge in [-0.25, -0.2) is 0 Å². The molecule has 1 aromatic carbocycles. The zero-order chi connectivity index (χ0) is 28.5. The first-order chi connectivity index (χ1) is 17.4. The fourth-order valence-corrected chi connectivity index (χ4v) is 7.78. The van der Waals surface area contributed by atoms with Crippen LogP contribution >= 0.6 is 0 Å². The SMILES string of the molecule is COc1ccc(C2OC(=O)C(C3CC(C)(C)N(C)C(C)(C)C3)(C3CC(C)(C)N(C)C(C)(C)C3)C(=O)O2)cc1. The summed E-state index contributed by atoms with van der Waals surface area (Å²) < 4.78 is 17.5. The van der Waals surface area contributed by atoms with E-state index in [-0.39, 0.29) is 34.0 Å². The van der Waals surface area contributed by atoms with Gasteiger partial charge in [-0.15, -0.1) is 0 Å². The van der Waals surface area contributed by atoms with E-state index in [0.717, 1.165) is 0 Å². The second kappa shape index (κ2) is 9.22. The van der Waals surface area contributed by atoms with Crippen molar-refractivity contribution in [2.45, 2.75) is 110 Å². The summed E-state index contributed by atoms with van der Waals surface area (Å²) in [7, 11) is 5.88. The number of piperidine rings is 2. The summed E-state index contributed by atoms with van der Waals surface area (Å²) in [6.45, 7) is 17.6. The lowest BCUT2D eigenvalue weighted by atomic mass is 9.53. The van der Waals surface area contributed by atoms with Gasteiger partial charge in [0.15, 0.2) is 5.41 Å². The predicted octanol–water partition coefficient (Wildman–Crippen LogP) is 5.58. The van der Waals surface area contributed by atoms with E-state index in [0.29, 0.717) is 37.0 Å². The zero-order valence-corrected chi connectivity index (χ0v) is 25.3. The molecule has 0 aliphatic carbocycles. The highest BCUT2D eigenvalue weighted by Gasteiger charge is 2.68. The Hall–Kier alpha value is -2.12. The number of benzene rings is 1. The van der Waals surface area contributed by atoms with Crippen molar-refractivity contribution in [1.82, 2.24) is 9.80 Å². The van der Waals surface area contributed by atoms with Crippen LogP contribution in [-0.2, 0) is 19.1 Å². The highest BCUT2D eigenvalue weighted by atomic mass is 16.7. The van der Waals surface area contributed by atoms with Gasteiger partial charge in [-0.3, -0.25) is 19.4 Å². The number of methoxy groups -OCH3 is 1. The molecule has 0 saturated carbocycles. The van der Waals surface area contributed by atoms with E-state index in [1.54, 1.807) is 31.4 Å². The minimum absolute atomic E-state index is 0.205. The van der Waals surface area contributed by atoms with Crippen molar-refractivity contribution >= 4 is 11.9 Å². The molecule has 38 heavy (non-hydrogen) atoms. The summed E-state index contributed by atoms with van der Waals surface area (Å²) in [6, 6.07) is 7.12. The Morgan fingerprint density at radius 1 is 0.684 bits per heavy atom. The molecule has 3 heterocycles. The predicted molar refractivity (Wildman–Crippen MR) is 148 cm³/mol. The van der Waals surface area contributed by atoms with Crippen LogP contribution < -0.4 is 4.74 Å². The van der Waals surface area contributed by atoms with Crippen LogP contribution in [0.5, 0.6) is 5.75 Å². The molecule has 7 heteroatoms. The molecule has 3 aliphatic rings. The summed E-state index contributed by atoms with van der Waals surface area (Å²) in [4.78, 5) is 33.7. The van der Waals surface area contributed by atoms with Crippen LogP contribution in [0.4, 0.5) is 0 Å². The van der Waals surface area contributed by atoms with E-state index in [4.69, 9.17) is 14.2 Å². The van der Waals surface area contributed by atoms with Gasteiger partial charge in [0.25, 0.3) is 6.29 Å². The van der Waals surface area contributed by atoms with Gasteiger partial charge in [0.2, 0.25) is 0 Å². The van der Waals surface area contributed by atoms with Crippen molar-refractivity contribution < 1.29 is 23.8 Å². The van der Waals surface area contributed by atoms with E-state index >= 15 is 0 Å². The van der Waals surface area contributed by atoms with E-state index in [9.17, 15) is 9.59 Å². The topological polar surface area (TPSA) is 68.3 Å². The molecule has 212 valence electrons. The van der Waals surface area contributed by atoms with Crippen molar-refractivity contribution in [1.29, 1.82) is 0 Å². The Morgan fingerprint density at radius 2 is 1.03 bits per heavy atom. The van der Waals surface area contributed by atoms with Crippen LogP contribution in [0.15, 0.2) is 24.3 Å². The minimum atomic E-state index is -1.37. The van der Waals surface area contributed by atoms with Crippen LogP contribution in [0.3, 0.4) is 0 Å². The molecule has 3 aliphatic heterocycles. The summed E-state index contributed by atoms with van der Waals surface area (Å²) in [5, 5.41) is 0. The average Bonchev–Trinajstić information content (AvgIpc) is 2.80. The summed E-state index contributed by atoms with van der Waals surface area (Å²) >= 11 is 0. The van der Waals surface area contributed by atoms with Gasteiger partial charge >= 0.3 is 11.9 Å². The third kappa shape index (κ3) is 4.53. The highest BCUT2D eigenvalue weighted by molar-refractivity contribution is 6.02. The maximum absolute atomic E-state index is 14.5. The maximum atomic E-state index is 14.5. The number of carbonyl (C=O) groups is 2. The van der Waals surface area contributed by atoms with Gasteiger partial charge < -0.3 is 14.2 Å². The number of carbonyl (C=O) groups excluding carboxylic acids is 2. The molecule has 3 fully saturated rings. The third-order valence-corrected chi connectivity index (χ3v) is 10.4. The van der Waals surface area contributed by atoms with Gasteiger partial charge in [0, 0.05) is 27.7 Å². The third-order valence-electron chi connectivity index (χ3n) is 10.4. The molecular weight excluding hydrogens is 480 g/mol. The van der Waals surface area contributed by atoms with E-state index in [1.807, 2.05) is 0 Å². The number of esters is 2. The Kier molecular flexibility index (Phi) is 7.01.